The van der Waals surface area contributed by atoms with Crippen molar-refractivity contribution in [1.29, 1.82) is 0 Å². The number of anilines is 1. The van der Waals surface area contributed by atoms with Crippen LogP contribution in [0.15, 0.2) is 24.3 Å². The second-order valence-corrected chi connectivity index (χ2v) is 6.38. The summed E-state index contributed by atoms with van der Waals surface area (Å²) in [7, 11) is 1.68. The molecule has 1 atom stereocenters. The number of rotatable bonds is 2. The molecule has 4 heteroatoms. The van der Waals surface area contributed by atoms with Crippen LogP contribution in [0.5, 0.6) is 0 Å². The summed E-state index contributed by atoms with van der Waals surface area (Å²) in [6, 6.07) is 7.53. The highest BCUT2D eigenvalue weighted by molar-refractivity contribution is 5.98. The Hall–Kier alpha value is -1.84. The summed E-state index contributed by atoms with van der Waals surface area (Å²) in [4.78, 5) is 25.1. The van der Waals surface area contributed by atoms with Crippen LogP contribution in [0.1, 0.15) is 39.2 Å². The van der Waals surface area contributed by atoms with Crippen LogP contribution in [0.4, 0.5) is 5.69 Å². The summed E-state index contributed by atoms with van der Waals surface area (Å²) in [5.41, 5.74) is 2.10. The van der Waals surface area contributed by atoms with E-state index in [0.717, 1.165) is 5.69 Å². The number of carbonyl (C=O) groups excluding carboxylic acids is 2. The van der Waals surface area contributed by atoms with Gasteiger partial charge in [0.05, 0.1) is 0 Å². The average Bonchev–Trinajstić information content (AvgIpc) is 2.69. The second-order valence-electron chi connectivity index (χ2n) is 6.38. The first kappa shape index (κ1) is 14.6. The van der Waals surface area contributed by atoms with Crippen LogP contribution < -0.4 is 5.32 Å². The van der Waals surface area contributed by atoms with Crippen molar-refractivity contribution in [1.82, 2.24) is 4.90 Å². The van der Waals surface area contributed by atoms with Gasteiger partial charge in [-0.1, -0.05) is 32.9 Å². The molecule has 20 heavy (non-hydrogen) atoms. The zero-order valence-electron chi connectivity index (χ0n) is 12.6. The lowest BCUT2D eigenvalue weighted by Gasteiger charge is -2.21. The average molecular weight is 274 g/mol. The first-order chi connectivity index (χ1) is 9.29. The molecule has 1 fully saturated rings. The Balaban J connectivity index is 2.04. The molecule has 1 N–H and O–H groups in total. The van der Waals surface area contributed by atoms with E-state index in [1.54, 1.807) is 7.05 Å². The summed E-state index contributed by atoms with van der Waals surface area (Å²) in [6.45, 7) is 6.46. The molecule has 4 nitrogen and oxygen atoms in total. The zero-order valence-corrected chi connectivity index (χ0v) is 12.6. The van der Waals surface area contributed by atoms with Gasteiger partial charge in [0.1, 0.15) is 6.04 Å². The molecule has 2 amide bonds. The largest absolute Gasteiger partial charge is 0.334 e. The van der Waals surface area contributed by atoms with Gasteiger partial charge in [-0.25, -0.2) is 0 Å². The van der Waals surface area contributed by atoms with E-state index in [0.29, 0.717) is 12.8 Å². The fraction of sp³-hybridized carbons (Fsp3) is 0.500. The highest BCUT2D eigenvalue weighted by Crippen LogP contribution is 2.24. The first-order valence-electron chi connectivity index (χ1n) is 6.96. The number of nitrogens with zero attached hydrogens (tertiary/aromatic N) is 1. The number of likely N-dealkylation sites (N-methyl/N-ethyl adjacent to an activating group) is 1. The van der Waals surface area contributed by atoms with Gasteiger partial charge in [0.15, 0.2) is 0 Å². The van der Waals surface area contributed by atoms with Crippen molar-refractivity contribution in [3.8, 4) is 0 Å². The molecule has 0 bridgehead atoms. The minimum Gasteiger partial charge on any atom is -0.334 e. The molecule has 1 unspecified atom stereocenters. The maximum Gasteiger partial charge on any atom is 0.247 e. The quantitative estimate of drug-likeness (QED) is 0.901. The van der Waals surface area contributed by atoms with Gasteiger partial charge in [0, 0.05) is 19.2 Å². The first-order valence-corrected chi connectivity index (χ1v) is 6.96. The van der Waals surface area contributed by atoms with Crippen LogP contribution in [0, 0.1) is 0 Å². The Bertz CT molecular complexity index is 514. The molecule has 1 heterocycles. The van der Waals surface area contributed by atoms with Crippen molar-refractivity contribution < 1.29 is 9.59 Å². The normalized spacial score (nSPS) is 19.3. The van der Waals surface area contributed by atoms with Gasteiger partial charge in [-0.3, -0.25) is 9.59 Å². The zero-order chi connectivity index (χ0) is 14.9. The molecule has 1 aromatic rings. The third kappa shape index (κ3) is 3.00. The van der Waals surface area contributed by atoms with Crippen molar-refractivity contribution in [2.75, 3.05) is 12.4 Å². The van der Waals surface area contributed by atoms with Gasteiger partial charge in [-0.15, -0.1) is 0 Å². The lowest BCUT2D eigenvalue weighted by molar-refractivity contribution is -0.131. The minimum absolute atomic E-state index is 0.0354. The van der Waals surface area contributed by atoms with E-state index in [2.05, 4.69) is 26.1 Å². The fourth-order valence-electron chi connectivity index (χ4n) is 2.39. The number of benzene rings is 1. The van der Waals surface area contributed by atoms with Crippen molar-refractivity contribution in [3.05, 3.63) is 29.8 Å². The summed E-state index contributed by atoms with van der Waals surface area (Å²) in [5.74, 6) is -0.0740. The standard InChI is InChI=1S/C16H22N2O2/c1-16(2,3)11-5-7-12(8-6-11)17-15(20)13-9-10-14(19)18(13)4/h5-8,13H,9-10H2,1-4H3,(H,17,20). The summed E-state index contributed by atoms with van der Waals surface area (Å²) in [5, 5.41) is 2.88. The van der Waals surface area contributed by atoms with E-state index >= 15 is 0 Å². The highest BCUT2D eigenvalue weighted by Gasteiger charge is 2.33. The van der Waals surface area contributed by atoms with Gasteiger partial charge < -0.3 is 10.2 Å². The van der Waals surface area contributed by atoms with Crippen LogP contribution >= 0.6 is 0 Å². The topological polar surface area (TPSA) is 49.4 Å². The number of amides is 2. The Morgan fingerprint density at radius 3 is 2.30 bits per heavy atom. The Kier molecular flexibility index (Phi) is 3.84. The monoisotopic (exact) mass is 274 g/mol. The molecule has 0 aromatic heterocycles. The molecule has 108 valence electrons. The number of likely N-dealkylation sites (tertiary alicyclic amines) is 1. The summed E-state index contributed by atoms with van der Waals surface area (Å²) >= 11 is 0. The molecule has 0 radical (unpaired) electrons. The molecule has 2 rings (SSSR count). The SMILES string of the molecule is CN1C(=O)CCC1C(=O)Nc1ccc(C(C)(C)C)cc1. The van der Waals surface area contributed by atoms with Crippen LogP contribution in [0.3, 0.4) is 0 Å². The van der Waals surface area contributed by atoms with Crippen LogP contribution in [0.2, 0.25) is 0 Å². The van der Waals surface area contributed by atoms with E-state index in [9.17, 15) is 9.59 Å². The van der Waals surface area contributed by atoms with Crippen molar-refractivity contribution in [2.24, 2.45) is 0 Å². The van der Waals surface area contributed by atoms with Crippen LogP contribution in [0.25, 0.3) is 0 Å². The van der Waals surface area contributed by atoms with E-state index in [1.807, 2.05) is 24.3 Å². The molecule has 0 spiro atoms. The second kappa shape index (κ2) is 5.27. The third-order valence-electron chi connectivity index (χ3n) is 3.81. The number of carbonyl (C=O) groups is 2. The van der Waals surface area contributed by atoms with Gasteiger partial charge in [0.2, 0.25) is 11.8 Å². The van der Waals surface area contributed by atoms with Gasteiger partial charge in [-0.05, 0) is 29.5 Å². The minimum atomic E-state index is -0.343. The molecule has 1 saturated heterocycles. The lowest BCUT2D eigenvalue weighted by atomic mass is 9.87. The molecular formula is C16H22N2O2. The molecular weight excluding hydrogens is 252 g/mol. The Morgan fingerprint density at radius 2 is 1.85 bits per heavy atom. The summed E-state index contributed by atoms with van der Waals surface area (Å²) < 4.78 is 0. The third-order valence-corrected chi connectivity index (χ3v) is 3.81. The number of nitrogens with one attached hydrogen (secondary N) is 1. The van der Waals surface area contributed by atoms with E-state index in [4.69, 9.17) is 0 Å². The highest BCUT2D eigenvalue weighted by atomic mass is 16.2. The van der Waals surface area contributed by atoms with Crippen LogP contribution in [-0.4, -0.2) is 29.8 Å². The molecule has 0 saturated carbocycles. The molecule has 1 aliphatic heterocycles. The van der Waals surface area contributed by atoms with E-state index in [-0.39, 0.29) is 23.3 Å². The fourth-order valence-corrected chi connectivity index (χ4v) is 2.39. The maximum absolute atomic E-state index is 12.1. The summed E-state index contributed by atoms with van der Waals surface area (Å²) in [6.07, 6.45) is 1.05. The number of hydrogen-bond donors (Lipinski definition) is 1. The van der Waals surface area contributed by atoms with Crippen molar-refractivity contribution in [2.45, 2.75) is 45.1 Å². The maximum atomic E-state index is 12.1. The van der Waals surface area contributed by atoms with Crippen molar-refractivity contribution in [3.63, 3.8) is 0 Å². The van der Waals surface area contributed by atoms with Gasteiger partial charge >= 0.3 is 0 Å². The molecule has 1 aliphatic rings. The Labute approximate surface area is 120 Å². The predicted molar refractivity (Wildman–Crippen MR) is 79.6 cm³/mol. The Morgan fingerprint density at radius 1 is 1.25 bits per heavy atom. The van der Waals surface area contributed by atoms with Gasteiger partial charge in [-0.2, -0.15) is 0 Å². The van der Waals surface area contributed by atoms with Gasteiger partial charge in [0.25, 0.3) is 0 Å². The lowest BCUT2D eigenvalue weighted by Crippen LogP contribution is -2.38. The predicted octanol–water partition coefficient (Wildman–Crippen LogP) is 2.54. The number of hydrogen-bond acceptors (Lipinski definition) is 2. The smallest absolute Gasteiger partial charge is 0.247 e. The van der Waals surface area contributed by atoms with Crippen LogP contribution in [-0.2, 0) is 15.0 Å². The molecule has 0 aliphatic carbocycles. The van der Waals surface area contributed by atoms with Crippen molar-refractivity contribution >= 4 is 17.5 Å². The van der Waals surface area contributed by atoms with E-state index < -0.39 is 0 Å². The molecule has 1 aromatic carbocycles. The van der Waals surface area contributed by atoms with E-state index in [1.165, 1.54) is 10.5 Å².